The Morgan fingerprint density at radius 3 is 2.37 bits per heavy atom. The largest absolute Gasteiger partial charge is 0.494 e. The summed E-state index contributed by atoms with van der Waals surface area (Å²) in [4.78, 5) is 14.7. The van der Waals surface area contributed by atoms with E-state index in [0.717, 1.165) is 23.8 Å². The van der Waals surface area contributed by atoms with Gasteiger partial charge in [0.1, 0.15) is 5.82 Å². The molecule has 1 aliphatic rings. The zero-order valence-electron chi connectivity index (χ0n) is 25.4. The maximum atomic E-state index is 15.9. The highest BCUT2D eigenvalue weighted by atomic mass is 32.2. The van der Waals surface area contributed by atoms with E-state index >= 15 is 8.78 Å². The van der Waals surface area contributed by atoms with Crippen LogP contribution in [0.5, 0.6) is 5.75 Å². The summed E-state index contributed by atoms with van der Waals surface area (Å²) in [5.74, 6) is -1.56. The van der Waals surface area contributed by atoms with E-state index < -0.39 is 52.5 Å². The number of fused-ring (bicyclic) bond motifs is 1. The lowest BCUT2D eigenvalue weighted by molar-refractivity contribution is -0.138. The molecule has 0 radical (unpaired) electrons. The summed E-state index contributed by atoms with van der Waals surface area (Å²) in [6.07, 6.45) is -1.48. The zero-order chi connectivity index (χ0) is 33.2. The fourth-order valence-electron chi connectivity index (χ4n) is 6.39. The number of rotatable bonds is 11. The molecule has 46 heavy (non-hydrogen) atoms. The highest BCUT2D eigenvalue weighted by Crippen LogP contribution is 2.48. The number of benzene rings is 3. The molecule has 0 saturated heterocycles. The molecule has 0 saturated carbocycles. The van der Waals surface area contributed by atoms with Crippen molar-refractivity contribution in [3.63, 3.8) is 0 Å². The summed E-state index contributed by atoms with van der Waals surface area (Å²) in [7, 11) is 1.30. The van der Waals surface area contributed by atoms with Crippen molar-refractivity contribution in [3.8, 4) is 16.9 Å². The number of ether oxygens (including phenoxy) is 1. The summed E-state index contributed by atoms with van der Waals surface area (Å²) in [6, 6.07) is 16.1. The highest BCUT2D eigenvalue weighted by molar-refractivity contribution is 7.99. The summed E-state index contributed by atoms with van der Waals surface area (Å²) in [5.41, 5.74) is -1.76. The average Bonchev–Trinajstić information content (AvgIpc) is 3.48. The monoisotopic (exact) mass is 652 g/mol. The lowest BCUT2D eigenvalue weighted by Crippen LogP contribution is -2.51. The SMILES string of the molecule is C=CCNC(CC=C)(c1ccccc1)C1CSc2c(Cc3c(F)cccc3C(F)(F)F)c(C)c(-c3cccc(OC)c3F)c(=O)n21. The third-order valence-electron chi connectivity index (χ3n) is 8.54. The van der Waals surface area contributed by atoms with Crippen molar-refractivity contribution in [2.45, 2.75) is 42.5 Å². The first-order chi connectivity index (χ1) is 22.0. The van der Waals surface area contributed by atoms with Crippen LogP contribution in [0.25, 0.3) is 11.1 Å². The molecule has 2 unspecified atom stereocenters. The first kappa shape index (κ1) is 33.2. The van der Waals surface area contributed by atoms with Gasteiger partial charge in [0.05, 0.1) is 34.8 Å². The maximum Gasteiger partial charge on any atom is 0.416 e. The van der Waals surface area contributed by atoms with Gasteiger partial charge in [-0.2, -0.15) is 13.2 Å². The van der Waals surface area contributed by atoms with E-state index in [9.17, 15) is 18.0 Å². The second-order valence-corrected chi connectivity index (χ2v) is 12.1. The molecular formula is C36H33F5N2O2S. The smallest absolute Gasteiger partial charge is 0.416 e. The number of aromatic nitrogens is 1. The average molecular weight is 653 g/mol. The molecule has 240 valence electrons. The summed E-state index contributed by atoms with van der Waals surface area (Å²) >= 11 is 1.31. The molecule has 4 aromatic rings. The Morgan fingerprint density at radius 2 is 1.72 bits per heavy atom. The minimum atomic E-state index is -4.82. The number of nitrogens with zero attached hydrogens (tertiary/aromatic N) is 1. The van der Waals surface area contributed by atoms with Gasteiger partial charge in [-0.05, 0) is 48.2 Å². The molecule has 0 bridgehead atoms. The molecule has 5 rings (SSSR count). The second kappa shape index (κ2) is 13.3. The standard InChI is InChI=1S/C36H33F5N2O2S/c1-5-18-35(42-19-6-2,23-12-8-7-9-13-23)30-21-46-34-25(20-26-27(36(39,40)41)15-11-16-28(26)37)22(3)31(33(44)43(30)34)24-14-10-17-29(45-4)32(24)38/h5-17,30,42H,1-2,18-21H2,3-4H3. The number of thioether (sulfide) groups is 1. The first-order valence-corrected chi connectivity index (χ1v) is 15.6. The van der Waals surface area contributed by atoms with E-state index in [-0.39, 0.29) is 22.4 Å². The third kappa shape index (κ3) is 5.80. The molecule has 0 fully saturated rings. The molecule has 0 amide bonds. The molecule has 0 spiro atoms. The Bertz CT molecular complexity index is 1840. The van der Waals surface area contributed by atoms with Gasteiger partial charge in [0, 0.05) is 29.8 Å². The molecule has 10 heteroatoms. The van der Waals surface area contributed by atoms with Gasteiger partial charge in [-0.1, -0.05) is 60.7 Å². The number of pyridine rings is 1. The van der Waals surface area contributed by atoms with Gasteiger partial charge >= 0.3 is 6.18 Å². The Kier molecular flexibility index (Phi) is 9.60. The Morgan fingerprint density at radius 1 is 1.00 bits per heavy atom. The van der Waals surface area contributed by atoms with E-state index in [2.05, 4.69) is 18.5 Å². The van der Waals surface area contributed by atoms with Crippen molar-refractivity contribution >= 4 is 11.8 Å². The van der Waals surface area contributed by atoms with Crippen molar-refractivity contribution in [3.05, 3.63) is 142 Å². The van der Waals surface area contributed by atoms with Crippen LogP contribution in [0, 0.1) is 18.6 Å². The van der Waals surface area contributed by atoms with E-state index in [1.807, 2.05) is 30.3 Å². The number of halogens is 5. The molecule has 2 atom stereocenters. The van der Waals surface area contributed by atoms with Crippen LogP contribution in [0.2, 0.25) is 0 Å². The quantitative estimate of drug-likeness (QED) is 0.130. The Labute approximate surface area is 268 Å². The third-order valence-corrected chi connectivity index (χ3v) is 9.74. The predicted molar refractivity (Wildman–Crippen MR) is 172 cm³/mol. The highest BCUT2D eigenvalue weighted by Gasteiger charge is 2.46. The molecule has 1 aliphatic heterocycles. The van der Waals surface area contributed by atoms with E-state index in [1.165, 1.54) is 37.1 Å². The molecule has 3 aromatic carbocycles. The molecule has 2 heterocycles. The summed E-state index contributed by atoms with van der Waals surface area (Å²) in [6.45, 7) is 9.77. The summed E-state index contributed by atoms with van der Waals surface area (Å²) in [5, 5.41) is 3.96. The van der Waals surface area contributed by atoms with Crippen molar-refractivity contribution in [1.82, 2.24) is 9.88 Å². The van der Waals surface area contributed by atoms with Crippen molar-refractivity contribution in [2.24, 2.45) is 0 Å². The Hall–Kier alpha value is -4.15. The van der Waals surface area contributed by atoms with E-state index in [0.29, 0.717) is 29.3 Å². The van der Waals surface area contributed by atoms with Crippen LogP contribution in [0.4, 0.5) is 22.0 Å². The molecule has 4 nitrogen and oxygen atoms in total. The van der Waals surface area contributed by atoms with Gasteiger partial charge in [-0.3, -0.25) is 9.36 Å². The van der Waals surface area contributed by atoms with Crippen LogP contribution >= 0.6 is 11.8 Å². The van der Waals surface area contributed by atoms with E-state index in [1.54, 1.807) is 23.6 Å². The van der Waals surface area contributed by atoms with Crippen LogP contribution in [-0.2, 0) is 18.1 Å². The minimum Gasteiger partial charge on any atom is -0.494 e. The lowest BCUT2D eigenvalue weighted by Gasteiger charge is -2.41. The van der Waals surface area contributed by atoms with Gasteiger partial charge in [-0.15, -0.1) is 24.9 Å². The topological polar surface area (TPSA) is 43.3 Å². The summed E-state index contributed by atoms with van der Waals surface area (Å²) < 4.78 is 80.3. The van der Waals surface area contributed by atoms with Crippen molar-refractivity contribution in [1.29, 1.82) is 0 Å². The van der Waals surface area contributed by atoms with Gasteiger partial charge in [0.2, 0.25) is 0 Å². The fourth-order valence-corrected chi connectivity index (χ4v) is 7.89. The predicted octanol–water partition coefficient (Wildman–Crippen LogP) is 8.61. The van der Waals surface area contributed by atoms with Crippen LogP contribution in [0.3, 0.4) is 0 Å². The maximum absolute atomic E-state index is 15.9. The molecule has 1 aromatic heterocycles. The second-order valence-electron chi connectivity index (χ2n) is 11.0. The fraction of sp³-hybridized carbons (Fsp3) is 0.250. The number of hydrogen-bond acceptors (Lipinski definition) is 4. The van der Waals surface area contributed by atoms with Crippen LogP contribution in [-0.4, -0.2) is 24.0 Å². The first-order valence-electron chi connectivity index (χ1n) is 14.6. The molecular weight excluding hydrogens is 619 g/mol. The van der Waals surface area contributed by atoms with E-state index in [4.69, 9.17) is 4.74 Å². The van der Waals surface area contributed by atoms with Crippen LogP contribution in [0.1, 0.15) is 40.3 Å². The molecule has 0 aliphatic carbocycles. The Balaban J connectivity index is 1.87. The number of hydrogen-bond donors (Lipinski definition) is 1. The normalized spacial score (nSPS) is 15.7. The van der Waals surface area contributed by atoms with Crippen LogP contribution < -0.4 is 15.6 Å². The number of alkyl halides is 3. The molecule has 1 N–H and O–H groups in total. The van der Waals surface area contributed by atoms with Crippen molar-refractivity contribution < 1.29 is 26.7 Å². The van der Waals surface area contributed by atoms with Gasteiger partial charge < -0.3 is 10.1 Å². The lowest BCUT2D eigenvalue weighted by atomic mass is 9.79. The number of nitrogens with one attached hydrogen (secondary N) is 1. The van der Waals surface area contributed by atoms with Gasteiger partial charge in [0.15, 0.2) is 11.6 Å². The van der Waals surface area contributed by atoms with Gasteiger partial charge in [-0.25, -0.2) is 8.78 Å². The van der Waals surface area contributed by atoms with Crippen LogP contribution in [0.15, 0.2) is 102 Å². The van der Waals surface area contributed by atoms with Crippen molar-refractivity contribution in [2.75, 3.05) is 19.4 Å². The number of methoxy groups -OCH3 is 1. The van der Waals surface area contributed by atoms with Gasteiger partial charge in [0.25, 0.3) is 5.56 Å². The zero-order valence-corrected chi connectivity index (χ0v) is 26.2. The minimum absolute atomic E-state index is 0.0307.